The fourth-order valence-electron chi connectivity index (χ4n) is 1.91. The van der Waals surface area contributed by atoms with Crippen LogP contribution in [-0.4, -0.2) is 24.8 Å². The molecule has 2 rings (SSSR count). The van der Waals surface area contributed by atoms with E-state index in [0.29, 0.717) is 6.04 Å². The van der Waals surface area contributed by atoms with Gasteiger partial charge in [0.1, 0.15) is 12.6 Å². The van der Waals surface area contributed by atoms with Gasteiger partial charge in [0, 0.05) is 18.4 Å². The average Bonchev–Trinajstić information content (AvgIpc) is 3.03. The molecule has 1 aliphatic rings. The van der Waals surface area contributed by atoms with E-state index in [9.17, 15) is 0 Å². The number of nitrogens with zero attached hydrogens (tertiary/aromatic N) is 1. The monoisotopic (exact) mass is 192 g/mol. The van der Waals surface area contributed by atoms with Gasteiger partial charge in [-0.3, -0.25) is 0 Å². The summed E-state index contributed by atoms with van der Waals surface area (Å²) in [5.74, 6) is 0. The zero-order valence-electron chi connectivity index (χ0n) is 8.94. The average molecular weight is 192 g/mol. The van der Waals surface area contributed by atoms with Crippen molar-refractivity contribution in [1.82, 2.24) is 0 Å². The summed E-state index contributed by atoms with van der Waals surface area (Å²) in [6.07, 6.45) is 2.61. The summed E-state index contributed by atoms with van der Waals surface area (Å²) in [7, 11) is 3.98. The number of rotatable bonds is 4. The lowest BCUT2D eigenvalue weighted by atomic mass is 10.2. The van der Waals surface area contributed by atoms with Crippen molar-refractivity contribution in [1.29, 1.82) is 0 Å². The lowest BCUT2D eigenvalue weighted by molar-refractivity contribution is -1.11. The van der Waals surface area contributed by atoms with Gasteiger partial charge < -0.3 is 0 Å². The highest BCUT2D eigenvalue weighted by atomic mass is 16.7. The maximum absolute atomic E-state index is 5.60. The minimum absolute atomic E-state index is 0.709. The minimum Gasteiger partial charge on any atom is -0.206 e. The molecule has 0 unspecified atom stereocenters. The Bertz CT molecular complexity index is 294. The topological polar surface area (TPSA) is 9.23 Å². The second-order valence-corrected chi connectivity index (χ2v) is 4.23. The van der Waals surface area contributed by atoms with Crippen molar-refractivity contribution in [3.05, 3.63) is 35.9 Å². The lowest BCUT2D eigenvalue weighted by Crippen LogP contribution is -2.44. The SMILES string of the molecule is CO[N@@+](C)(Cc1ccccc1)C1CC1. The Morgan fingerprint density at radius 2 is 1.93 bits per heavy atom. The zero-order chi connectivity index (χ0) is 10.0. The van der Waals surface area contributed by atoms with E-state index in [0.717, 1.165) is 11.2 Å². The predicted molar refractivity (Wildman–Crippen MR) is 56.4 cm³/mol. The lowest BCUT2D eigenvalue weighted by Gasteiger charge is -2.30. The molecule has 14 heavy (non-hydrogen) atoms. The molecule has 1 aromatic rings. The van der Waals surface area contributed by atoms with Gasteiger partial charge in [0.15, 0.2) is 0 Å². The van der Waals surface area contributed by atoms with Gasteiger partial charge in [-0.1, -0.05) is 30.3 Å². The highest BCUT2D eigenvalue weighted by Crippen LogP contribution is 2.33. The first-order valence-corrected chi connectivity index (χ1v) is 5.19. The maximum atomic E-state index is 5.60. The van der Waals surface area contributed by atoms with E-state index < -0.39 is 0 Å². The smallest absolute Gasteiger partial charge is 0.134 e. The van der Waals surface area contributed by atoms with Crippen molar-refractivity contribution in [3.63, 3.8) is 0 Å². The molecule has 1 atom stereocenters. The van der Waals surface area contributed by atoms with Crippen molar-refractivity contribution in [2.75, 3.05) is 14.2 Å². The molecule has 1 fully saturated rings. The fourth-order valence-corrected chi connectivity index (χ4v) is 1.91. The van der Waals surface area contributed by atoms with Gasteiger partial charge in [-0.25, -0.2) is 4.84 Å². The third-order valence-corrected chi connectivity index (χ3v) is 3.08. The quantitative estimate of drug-likeness (QED) is 0.525. The van der Waals surface area contributed by atoms with Crippen molar-refractivity contribution in [3.8, 4) is 0 Å². The Hall–Kier alpha value is -0.860. The second kappa shape index (κ2) is 3.71. The predicted octanol–water partition coefficient (Wildman–Crippen LogP) is 2.36. The molecule has 0 bridgehead atoms. The molecular weight excluding hydrogens is 174 g/mol. The molecule has 2 nitrogen and oxygen atoms in total. The number of benzene rings is 1. The second-order valence-electron chi connectivity index (χ2n) is 4.23. The van der Waals surface area contributed by atoms with Gasteiger partial charge in [-0.05, 0) is 0 Å². The molecule has 0 spiro atoms. The van der Waals surface area contributed by atoms with E-state index >= 15 is 0 Å². The van der Waals surface area contributed by atoms with Crippen LogP contribution < -0.4 is 0 Å². The van der Waals surface area contributed by atoms with E-state index in [1.165, 1.54) is 18.4 Å². The Morgan fingerprint density at radius 1 is 1.29 bits per heavy atom. The number of quaternary nitrogens is 1. The molecule has 0 saturated heterocycles. The van der Waals surface area contributed by atoms with Crippen LogP contribution in [0.2, 0.25) is 0 Å². The van der Waals surface area contributed by atoms with Gasteiger partial charge in [0.25, 0.3) is 0 Å². The summed E-state index contributed by atoms with van der Waals surface area (Å²) in [4.78, 5) is 5.60. The van der Waals surface area contributed by atoms with E-state index in [1.807, 2.05) is 0 Å². The van der Waals surface area contributed by atoms with Crippen LogP contribution in [0, 0.1) is 0 Å². The first kappa shape index (κ1) is 9.69. The van der Waals surface area contributed by atoms with E-state index in [1.54, 1.807) is 7.11 Å². The van der Waals surface area contributed by atoms with Gasteiger partial charge in [-0.2, -0.15) is 4.65 Å². The normalized spacial score (nSPS) is 20.4. The third kappa shape index (κ3) is 1.97. The van der Waals surface area contributed by atoms with E-state index in [4.69, 9.17) is 4.84 Å². The summed E-state index contributed by atoms with van der Waals surface area (Å²) in [5.41, 5.74) is 1.35. The standard InChI is InChI=1S/C12H18NO/c1-13(14-2,12-8-9-12)10-11-6-4-3-5-7-11/h3-7,12H,8-10H2,1-2H3/q+1/t13-/m0/s1. The van der Waals surface area contributed by atoms with E-state index in [-0.39, 0.29) is 0 Å². The van der Waals surface area contributed by atoms with Gasteiger partial charge >= 0.3 is 0 Å². The molecule has 0 radical (unpaired) electrons. The first-order valence-electron chi connectivity index (χ1n) is 5.19. The largest absolute Gasteiger partial charge is 0.206 e. The highest BCUT2D eigenvalue weighted by Gasteiger charge is 2.43. The van der Waals surface area contributed by atoms with Crippen LogP contribution >= 0.6 is 0 Å². The highest BCUT2D eigenvalue weighted by molar-refractivity contribution is 5.13. The van der Waals surface area contributed by atoms with Crippen LogP contribution in [0.3, 0.4) is 0 Å². The van der Waals surface area contributed by atoms with Crippen LogP contribution in [0.1, 0.15) is 18.4 Å². The number of hydroxylamine groups is 3. The summed E-state index contributed by atoms with van der Waals surface area (Å²) < 4.78 is 0.726. The maximum Gasteiger partial charge on any atom is 0.134 e. The molecule has 0 N–H and O–H groups in total. The Kier molecular flexibility index (Phi) is 2.57. The number of hydrogen-bond acceptors (Lipinski definition) is 1. The van der Waals surface area contributed by atoms with Crippen LogP contribution in [0.25, 0.3) is 0 Å². The molecule has 1 aromatic carbocycles. The molecule has 1 saturated carbocycles. The van der Waals surface area contributed by atoms with Crippen molar-refractivity contribution in [2.24, 2.45) is 0 Å². The van der Waals surface area contributed by atoms with Crippen molar-refractivity contribution < 1.29 is 9.48 Å². The fraction of sp³-hybridized carbons (Fsp3) is 0.500. The summed E-state index contributed by atoms with van der Waals surface area (Å²) in [6.45, 7) is 0.974. The van der Waals surface area contributed by atoms with Crippen LogP contribution in [0.15, 0.2) is 30.3 Å². The molecule has 2 heteroatoms. The molecule has 76 valence electrons. The Labute approximate surface area is 85.7 Å². The van der Waals surface area contributed by atoms with Crippen LogP contribution in [-0.2, 0) is 11.4 Å². The summed E-state index contributed by atoms with van der Waals surface area (Å²) >= 11 is 0. The number of hydrogen-bond donors (Lipinski definition) is 0. The van der Waals surface area contributed by atoms with Crippen LogP contribution in [0.5, 0.6) is 0 Å². The van der Waals surface area contributed by atoms with Crippen LogP contribution in [0.4, 0.5) is 0 Å². The van der Waals surface area contributed by atoms with Crippen molar-refractivity contribution in [2.45, 2.75) is 25.4 Å². The van der Waals surface area contributed by atoms with Gasteiger partial charge in [0.05, 0.1) is 14.2 Å². The first-order chi connectivity index (χ1) is 6.74. The van der Waals surface area contributed by atoms with Gasteiger partial charge in [-0.15, -0.1) is 0 Å². The Balaban J connectivity index is 2.08. The zero-order valence-corrected chi connectivity index (χ0v) is 8.94. The molecule has 0 aliphatic heterocycles. The third-order valence-electron chi connectivity index (χ3n) is 3.08. The van der Waals surface area contributed by atoms with Crippen molar-refractivity contribution >= 4 is 0 Å². The Morgan fingerprint density at radius 3 is 2.43 bits per heavy atom. The summed E-state index contributed by atoms with van der Waals surface area (Å²) in [6, 6.07) is 11.3. The van der Waals surface area contributed by atoms with Gasteiger partial charge in [0.2, 0.25) is 0 Å². The molecule has 0 amide bonds. The van der Waals surface area contributed by atoms with E-state index in [2.05, 4.69) is 37.4 Å². The molecule has 0 aromatic heterocycles. The molecular formula is C12H18NO+. The molecule has 0 heterocycles. The summed E-state index contributed by atoms with van der Waals surface area (Å²) in [5, 5.41) is 0. The molecule has 1 aliphatic carbocycles. The minimum atomic E-state index is 0.709.